The summed E-state index contributed by atoms with van der Waals surface area (Å²) in [5.41, 5.74) is 2.87. The smallest absolute Gasteiger partial charge is 0.322 e. The molecule has 0 saturated heterocycles. The highest BCUT2D eigenvalue weighted by atomic mass is 16.5. The molecular formula is C26H30N4O4. The molecule has 0 spiro atoms. The molecule has 2 aliphatic rings. The highest BCUT2D eigenvalue weighted by molar-refractivity contribution is 6.03. The third-order valence-corrected chi connectivity index (χ3v) is 6.62. The SMILES string of the molecule is CCN(C)C(=O)[C@@H](Cc1ccccc1)N1CC2=C(C1=O)[C@@H](c1ccc(OC)cc1)NC(=O)N2C. The molecule has 1 N–H and O–H groups in total. The van der Waals surface area contributed by atoms with E-state index in [1.807, 2.05) is 49.4 Å². The number of amides is 4. The minimum Gasteiger partial charge on any atom is -0.497 e. The van der Waals surface area contributed by atoms with Crippen LogP contribution in [0.5, 0.6) is 5.75 Å². The highest BCUT2D eigenvalue weighted by Crippen LogP contribution is 2.37. The largest absolute Gasteiger partial charge is 0.497 e. The normalized spacial score (nSPS) is 18.5. The molecule has 8 heteroatoms. The quantitative estimate of drug-likeness (QED) is 0.686. The van der Waals surface area contributed by atoms with E-state index in [1.165, 1.54) is 4.90 Å². The van der Waals surface area contributed by atoms with Gasteiger partial charge in [-0.1, -0.05) is 42.5 Å². The molecular weight excluding hydrogens is 432 g/mol. The topological polar surface area (TPSA) is 82.2 Å². The van der Waals surface area contributed by atoms with Crippen LogP contribution in [0.3, 0.4) is 0 Å². The second kappa shape index (κ2) is 9.59. The summed E-state index contributed by atoms with van der Waals surface area (Å²) in [7, 11) is 4.98. The summed E-state index contributed by atoms with van der Waals surface area (Å²) in [5, 5.41) is 2.94. The first-order chi connectivity index (χ1) is 16.3. The number of ether oxygens (including phenoxy) is 1. The van der Waals surface area contributed by atoms with Crippen LogP contribution >= 0.6 is 0 Å². The Morgan fingerprint density at radius 1 is 1.15 bits per heavy atom. The molecule has 34 heavy (non-hydrogen) atoms. The maximum Gasteiger partial charge on any atom is 0.322 e. The van der Waals surface area contributed by atoms with E-state index < -0.39 is 12.1 Å². The summed E-state index contributed by atoms with van der Waals surface area (Å²) >= 11 is 0. The lowest BCUT2D eigenvalue weighted by Crippen LogP contribution is -2.50. The van der Waals surface area contributed by atoms with Crippen LogP contribution in [-0.4, -0.2) is 72.9 Å². The molecule has 0 radical (unpaired) electrons. The highest BCUT2D eigenvalue weighted by Gasteiger charge is 2.46. The van der Waals surface area contributed by atoms with Crippen LogP contribution in [0.1, 0.15) is 24.1 Å². The number of hydrogen-bond donors (Lipinski definition) is 1. The van der Waals surface area contributed by atoms with Gasteiger partial charge in [-0.15, -0.1) is 0 Å². The lowest BCUT2D eigenvalue weighted by molar-refractivity contribution is -0.141. The van der Waals surface area contributed by atoms with Crippen molar-refractivity contribution in [3.63, 3.8) is 0 Å². The molecule has 8 nitrogen and oxygen atoms in total. The number of carbonyl (C=O) groups is 3. The Labute approximate surface area is 199 Å². The van der Waals surface area contributed by atoms with Gasteiger partial charge in [-0.2, -0.15) is 0 Å². The Morgan fingerprint density at radius 3 is 2.44 bits per heavy atom. The Hall–Kier alpha value is -3.81. The van der Waals surface area contributed by atoms with E-state index in [-0.39, 0.29) is 24.4 Å². The van der Waals surface area contributed by atoms with Gasteiger partial charge in [0, 0.05) is 27.1 Å². The van der Waals surface area contributed by atoms with Gasteiger partial charge >= 0.3 is 6.03 Å². The summed E-state index contributed by atoms with van der Waals surface area (Å²) in [6.45, 7) is 2.64. The minimum atomic E-state index is -0.675. The molecule has 0 aromatic heterocycles. The van der Waals surface area contributed by atoms with Gasteiger partial charge < -0.3 is 19.9 Å². The molecule has 2 heterocycles. The summed E-state index contributed by atoms with van der Waals surface area (Å²) < 4.78 is 5.24. The minimum absolute atomic E-state index is 0.123. The summed E-state index contributed by atoms with van der Waals surface area (Å²) in [6.07, 6.45) is 0.397. The molecule has 0 bridgehead atoms. The Morgan fingerprint density at radius 2 is 1.82 bits per heavy atom. The van der Waals surface area contributed by atoms with Crippen molar-refractivity contribution in [2.24, 2.45) is 0 Å². The first kappa shape index (κ1) is 23.4. The number of benzene rings is 2. The van der Waals surface area contributed by atoms with Crippen LogP contribution in [0.15, 0.2) is 65.9 Å². The van der Waals surface area contributed by atoms with Crippen molar-refractivity contribution in [1.82, 2.24) is 20.0 Å². The average Bonchev–Trinajstić information content (AvgIpc) is 3.21. The molecule has 0 saturated carbocycles. The molecule has 0 fully saturated rings. The third-order valence-electron chi connectivity index (χ3n) is 6.62. The fraction of sp³-hybridized carbons (Fsp3) is 0.346. The molecule has 2 atom stereocenters. The second-order valence-electron chi connectivity index (χ2n) is 8.57. The Bertz CT molecular complexity index is 1110. The van der Waals surface area contributed by atoms with Gasteiger partial charge in [0.1, 0.15) is 11.8 Å². The van der Waals surface area contributed by atoms with Crippen LogP contribution < -0.4 is 10.1 Å². The van der Waals surface area contributed by atoms with Crippen molar-refractivity contribution < 1.29 is 19.1 Å². The number of methoxy groups -OCH3 is 1. The average molecular weight is 463 g/mol. The van der Waals surface area contributed by atoms with Gasteiger partial charge in [0.05, 0.1) is 31.0 Å². The number of carbonyl (C=O) groups excluding carboxylic acids is 3. The van der Waals surface area contributed by atoms with Gasteiger partial charge in [0.2, 0.25) is 5.91 Å². The van der Waals surface area contributed by atoms with E-state index >= 15 is 0 Å². The zero-order valence-corrected chi connectivity index (χ0v) is 19.9. The number of nitrogens with zero attached hydrogens (tertiary/aromatic N) is 3. The van der Waals surface area contributed by atoms with E-state index in [1.54, 1.807) is 43.1 Å². The molecule has 178 valence electrons. The van der Waals surface area contributed by atoms with Crippen molar-refractivity contribution in [2.75, 3.05) is 34.3 Å². The van der Waals surface area contributed by atoms with Gasteiger partial charge in [-0.3, -0.25) is 14.5 Å². The second-order valence-corrected chi connectivity index (χ2v) is 8.57. The lowest BCUT2D eigenvalue weighted by atomic mass is 9.95. The van der Waals surface area contributed by atoms with Crippen molar-refractivity contribution in [3.8, 4) is 5.75 Å². The maximum absolute atomic E-state index is 13.8. The molecule has 0 aliphatic carbocycles. The molecule has 2 aliphatic heterocycles. The summed E-state index contributed by atoms with van der Waals surface area (Å²) in [4.78, 5) is 44.7. The van der Waals surface area contributed by atoms with E-state index in [0.717, 1.165) is 11.1 Å². The predicted octanol–water partition coefficient (Wildman–Crippen LogP) is 2.58. The van der Waals surface area contributed by atoms with Crippen molar-refractivity contribution in [2.45, 2.75) is 25.4 Å². The number of urea groups is 1. The van der Waals surface area contributed by atoms with E-state index in [0.29, 0.717) is 30.0 Å². The van der Waals surface area contributed by atoms with Crippen LogP contribution in [0.4, 0.5) is 4.79 Å². The monoisotopic (exact) mass is 462 g/mol. The predicted molar refractivity (Wildman–Crippen MR) is 128 cm³/mol. The molecule has 0 unspecified atom stereocenters. The first-order valence-electron chi connectivity index (χ1n) is 11.4. The van der Waals surface area contributed by atoms with Gasteiger partial charge in [0.25, 0.3) is 5.91 Å². The lowest BCUT2D eigenvalue weighted by Gasteiger charge is -2.31. The molecule has 2 aromatic rings. The third kappa shape index (κ3) is 4.23. The van der Waals surface area contributed by atoms with Gasteiger partial charge in [-0.05, 0) is 30.2 Å². The summed E-state index contributed by atoms with van der Waals surface area (Å²) in [5.74, 6) is 0.330. The number of nitrogens with one attached hydrogen (secondary N) is 1. The van der Waals surface area contributed by atoms with Crippen LogP contribution in [-0.2, 0) is 16.0 Å². The maximum atomic E-state index is 13.8. The molecule has 4 amide bonds. The van der Waals surface area contributed by atoms with E-state index in [9.17, 15) is 14.4 Å². The molecule has 4 rings (SSSR count). The number of hydrogen-bond acceptors (Lipinski definition) is 4. The van der Waals surface area contributed by atoms with Crippen molar-refractivity contribution >= 4 is 17.8 Å². The van der Waals surface area contributed by atoms with Gasteiger partial charge in [-0.25, -0.2) is 4.79 Å². The number of rotatable bonds is 7. The Kier molecular flexibility index (Phi) is 6.58. The first-order valence-corrected chi connectivity index (χ1v) is 11.4. The Balaban J connectivity index is 1.70. The fourth-order valence-corrected chi connectivity index (χ4v) is 4.46. The standard InChI is InChI=1S/C26H30N4O4/c1-5-28(2)24(31)20(15-17-9-7-6-8-10-17)30-16-21-22(25(30)32)23(27-26(33)29(21)3)18-11-13-19(34-4)14-12-18/h6-14,20,23H,5,15-16H2,1-4H3,(H,27,33)/t20-,23-/m1/s1. The summed E-state index contributed by atoms with van der Waals surface area (Å²) in [6, 6.07) is 15.4. The number of likely N-dealkylation sites (N-methyl/N-ethyl adjacent to an activating group) is 2. The van der Waals surface area contributed by atoms with Crippen LogP contribution in [0.25, 0.3) is 0 Å². The van der Waals surface area contributed by atoms with Crippen molar-refractivity contribution in [3.05, 3.63) is 77.0 Å². The van der Waals surface area contributed by atoms with Crippen molar-refractivity contribution in [1.29, 1.82) is 0 Å². The zero-order chi connectivity index (χ0) is 24.4. The van der Waals surface area contributed by atoms with Crippen LogP contribution in [0, 0.1) is 0 Å². The van der Waals surface area contributed by atoms with Gasteiger partial charge in [0.15, 0.2) is 0 Å². The van der Waals surface area contributed by atoms with E-state index in [4.69, 9.17) is 4.74 Å². The fourth-order valence-electron chi connectivity index (χ4n) is 4.46. The molecule has 2 aromatic carbocycles. The van der Waals surface area contributed by atoms with E-state index in [2.05, 4.69) is 5.32 Å². The van der Waals surface area contributed by atoms with Crippen LogP contribution in [0.2, 0.25) is 0 Å². The zero-order valence-electron chi connectivity index (χ0n) is 19.9.